The molecule has 0 saturated carbocycles. The van der Waals surface area contributed by atoms with Crippen molar-refractivity contribution in [2.75, 3.05) is 31.7 Å². The van der Waals surface area contributed by atoms with Crippen LogP contribution in [-0.2, 0) is 32.5 Å². The Morgan fingerprint density at radius 1 is 1.10 bits per heavy atom. The van der Waals surface area contributed by atoms with E-state index >= 15 is 0 Å². The number of nitrogens with zero attached hydrogens (tertiary/aromatic N) is 1. The lowest BCUT2D eigenvalue weighted by molar-refractivity contribution is -0.0172. The highest BCUT2D eigenvalue weighted by molar-refractivity contribution is 7.90. The molecule has 0 radical (unpaired) electrons. The molecule has 228 valence electrons. The molecule has 3 heterocycles. The van der Waals surface area contributed by atoms with Gasteiger partial charge in [-0.15, -0.1) is 0 Å². The number of amides is 1. The van der Waals surface area contributed by atoms with Crippen molar-refractivity contribution >= 4 is 33.2 Å². The molecule has 0 spiro atoms. The summed E-state index contributed by atoms with van der Waals surface area (Å²) in [5.74, 6) is -0.0313. The topological polar surface area (TPSA) is 94.2 Å². The van der Waals surface area contributed by atoms with Crippen molar-refractivity contribution in [3.8, 4) is 5.75 Å². The molecular weight excluding hydrogens is 576 g/mol. The van der Waals surface area contributed by atoms with Crippen molar-refractivity contribution in [3.05, 3.63) is 70.3 Å². The monoisotopic (exact) mass is 616 g/mol. The lowest BCUT2D eigenvalue weighted by Crippen LogP contribution is -2.41. The smallest absolute Gasteiger partial charge is 0.264 e. The van der Waals surface area contributed by atoms with Gasteiger partial charge in [0.1, 0.15) is 18.5 Å². The molecule has 10 heteroatoms. The van der Waals surface area contributed by atoms with Gasteiger partial charge in [-0.2, -0.15) is 0 Å². The van der Waals surface area contributed by atoms with Gasteiger partial charge in [-0.05, 0) is 86.4 Å². The van der Waals surface area contributed by atoms with Crippen LogP contribution >= 0.6 is 11.6 Å². The minimum Gasteiger partial charge on any atom is -0.487 e. The second kappa shape index (κ2) is 13.4. The van der Waals surface area contributed by atoms with Crippen molar-refractivity contribution in [2.24, 2.45) is 11.8 Å². The zero-order valence-electron chi connectivity index (χ0n) is 24.6. The Bertz CT molecular complexity index is 1410. The van der Waals surface area contributed by atoms with E-state index in [-0.39, 0.29) is 29.6 Å². The molecule has 1 saturated heterocycles. The Hall–Kier alpha value is -2.59. The van der Waals surface area contributed by atoms with Crippen LogP contribution in [0, 0.1) is 11.8 Å². The number of aryl methyl sites for hydroxylation is 1. The zero-order valence-corrected chi connectivity index (χ0v) is 26.1. The molecule has 2 aromatic carbocycles. The number of allylic oxidation sites excluding steroid dienone is 1. The number of benzene rings is 2. The van der Waals surface area contributed by atoms with Gasteiger partial charge in [0.15, 0.2) is 0 Å². The van der Waals surface area contributed by atoms with Gasteiger partial charge in [0.2, 0.25) is 10.0 Å². The molecule has 0 unspecified atom stereocenters. The van der Waals surface area contributed by atoms with E-state index in [9.17, 15) is 13.2 Å². The van der Waals surface area contributed by atoms with Crippen LogP contribution < -0.4 is 14.4 Å². The van der Waals surface area contributed by atoms with E-state index in [1.54, 1.807) is 32.2 Å². The van der Waals surface area contributed by atoms with Crippen molar-refractivity contribution in [1.82, 2.24) is 4.72 Å². The summed E-state index contributed by atoms with van der Waals surface area (Å²) >= 11 is 6.32. The van der Waals surface area contributed by atoms with Crippen molar-refractivity contribution in [2.45, 2.75) is 70.0 Å². The molecule has 1 amide bonds. The maximum Gasteiger partial charge on any atom is 0.264 e. The van der Waals surface area contributed by atoms with Crippen LogP contribution in [0.2, 0.25) is 5.02 Å². The molecule has 1 N–H and O–H groups in total. The van der Waals surface area contributed by atoms with Crippen molar-refractivity contribution in [1.29, 1.82) is 0 Å². The highest BCUT2D eigenvalue weighted by atomic mass is 35.5. The molecular formula is C32H41ClN2O6S. The second-order valence-electron chi connectivity index (χ2n) is 11.7. The molecule has 8 nitrogen and oxygen atoms in total. The first-order chi connectivity index (χ1) is 20.2. The van der Waals surface area contributed by atoms with Gasteiger partial charge >= 0.3 is 0 Å². The van der Waals surface area contributed by atoms with Gasteiger partial charge in [-0.25, -0.2) is 13.1 Å². The average Bonchev–Trinajstić information content (AvgIpc) is 3.41. The Kier molecular flexibility index (Phi) is 9.82. The normalized spacial score (nSPS) is 29.3. The second-order valence-corrected chi connectivity index (χ2v) is 14.2. The van der Waals surface area contributed by atoms with Crippen LogP contribution in [-0.4, -0.2) is 58.6 Å². The summed E-state index contributed by atoms with van der Waals surface area (Å²) in [5.41, 5.74) is 3.28. The van der Waals surface area contributed by atoms with E-state index in [1.165, 1.54) is 5.56 Å². The summed E-state index contributed by atoms with van der Waals surface area (Å²) in [5, 5.41) is -0.0674. The standard InChI is InChI=1S/C32H41ClN2O6S/c1-21-7-6-9-30(39-3)31-25(14-16-40-31)19-35-15-5-4-8-23-17-27(33)12-10-26(23)20-41-29-13-11-24(18-28(29)35)32(36)34-42(37,38)22(21)2/h6,9-13,17-18,21-22,25,30-31H,4-5,7-8,14-16,19-20H2,1-3H3,(H,34,36)/b9-6+/t21-,22+,25-,30-,31+/m0/s1. The first-order valence-corrected chi connectivity index (χ1v) is 16.7. The number of carbonyl (C=O) groups excluding carboxylic acids is 1. The maximum absolute atomic E-state index is 13.3. The molecule has 3 aliphatic heterocycles. The molecule has 42 heavy (non-hydrogen) atoms. The third kappa shape index (κ3) is 6.96. The van der Waals surface area contributed by atoms with Gasteiger partial charge in [0, 0.05) is 43.3 Å². The van der Waals surface area contributed by atoms with Crippen LogP contribution in [0.4, 0.5) is 5.69 Å². The minimum absolute atomic E-state index is 0.143. The molecule has 2 bridgehead atoms. The zero-order chi connectivity index (χ0) is 29.9. The van der Waals surface area contributed by atoms with E-state index in [4.69, 9.17) is 25.8 Å². The van der Waals surface area contributed by atoms with Gasteiger partial charge in [0.25, 0.3) is 5.91 Å². The number of hydrogen-bond donors (Lipinski definition) is 1. The van der Waals surface area contributed by atoms with E-state index < -0.39 is 21.2 Å². The predicted molar refractivity (Wildman–Crippen MR) is 165 cm³/mol. The first-order valence-electron chi connectivity index (χ1n) is 14.8. The largest absolute Gasteiger partial charge is 0.487 e. The van der Waals surface area contributed by atoms with E-state index in [1.807, 2.05) is 37.3 Å². The number of halogens is 1. The number of hydrogen-bond acceptors (Lipinski definition) is 7. The Labute approximate surface area is 254 Å². The highest BCUT2D eigenvalue weighted by Gasteiger charge is 2.36. The Morgan fingerprint density at radius 2 is 1.93 bits per heavy atom. The number of methoxy groups -OCH3 is 1. The lowest BCUT2D eigenvalue weighted by atomic mass is 9.94. The molecule has 0 aromatic heterocycles. The average molecular weight is 617 g/mol. The molecule has 2 aromatic rings. The fraction of sp³-hybridized carbons (Fsp3) is 0.531. The molecule has 5 rings (SSSR count). The van der Waals surface area contributed by atoms with Gasteiger partial charge < -0.3 is 19.1 Å². The summed E-state index contributed by atoms with van der Waals surface area (Å²) in [6, 6.07) is 11.1. The van der Waals surface area contributed by atoms with Gasteiger partial charge in [0.05, 0.1) is 17.0 Å². The Morgan fingerprint density at radius 3 is 2.74 bits per heavy atom. The third-order valence-corrected chi connectivity index (χ3v) is 11.1. The van der Waals surface area contributed by atoms with Crippen LogP contribution in [0.25, 0.3) is 0 Å². The fourth-order valence-corrected chi connectivity index (χ4v) is 7.58. The third-order valence-electron chi connectivity index (χ3n) is 8.91. The summed E-state index contributed by atoms with van der Waals surface area (Å²) in [6.07, 6.45) is 7.75. The van der Waals surface area contributed by atoms with Crippen molar-refractivity contribution in [3.63, 3.8) is 0 Å². The van der Waals surface area contributed by atoms with E-state index in [0.717, 1.165) is 43.5 Å². The van der Waals surface area contributed by atoms with Crippen LogP contribution in [0.1, 0.15) is 61.0 Å². The number of rotatable bonds is 1. The highest BCUT2D eigenvalue weighted by Crippen LogP contribution is 2.36. The van der Waals surface area contributed by atoms with E-state index in [2.05, 4.69) is 9.62 Å². The predicted octanol–water partition coefficient (Wildman–Crippen LogP) is 5.53. The summed E-state index contributed by atoms with van der Waals surface area (Å²) in [6.45, 7) is 5.93. The number of nitrogens with one attached hydrogen (secondary N) is 1. The van der Waals surface area contributed by atoms with Crippen LogP contribution in [0.3, 0.4) is 0 Å². The number of ether oxygens (including phenoxy) is 3. The number of fused-ring (bicyclic) bond motifs is 3. The number of sulfonamides is 1. The molecule has 3 aliphatic rings. The summed E-state index contributed by atoms with van der Waals surface area (Å²) in [7, 11) is -2.23. The SMILES string of the molecule is CO[C@H]1/C=C/C[C@H](C)[C@@H](C)S(=O)(=O)NC(=O)c2ccc3c(c2)N(CCCCc2cc(Cl)ccc2CO3)C[C@@H]2CCO[C@H]21. The molecule has 5 atom stereocenters. The summed E-state index contributed by atoms with van der Waals surface area (Å²) in [4.78, 5) is 15.6. The fourth-order valence-electron chi connectivity index (χ4n) is 6.10. The number of anilines is 1. The van der Waals surface area contributed by atoms with Crippen molar-refractivity contribution < 1.29 is 27.4 Å². The van der Waals surface area contributed by atoms with Crippen LogP contribution in [0.5, 0.6) is 5.75 Å². The minimum atomic E-state index is -3.91. The van der Waals surface area contributed by atoms with E-state index in [0.29, 0.717) is 37.0 Å². The maximum atomic E-state index is 13.3. The summed E-state index contributed by atoms with van der Waals surface area (Å²) < 4.78 is 47.2. The van der Waals surface area contributed by atoms with Gasteiger partial charge in [-0.3, -0.25) is 4.79 Å². The quantitative estimate of drug-likeness (QED) is 0.421. The number of carbonyl (C=O) groups is 1. The lowest BCUT2D eigenvalue weighted by Gasteiger charge is -2.33. The Balaban J connectivity index is 1.57. The first kappa shape index (κ1) is 30.9. The van der Waals surface area contributed by atoms with Gasteiger partial charge in [-0.1, -0.05) is 36.7 Å². The van der Waals surface area contributed by atoms with Crippen LogP contribution in [0.15, 0.2) is 48.6 Å². The molecule has 0 aliphatic carbocycles. The molecule has 1 fully saturated rings.